The molecule has 21 heavy (non-hydrogen) atoms. The van der Waals surface area contributed by atoms with Crippen LogP contribution in [0.1, 0.15) is 49.1 Å². The summed E-state index contributed by atoms with van der Waals surface area (Å²) in [7, 11) is 0. The second-order valence-electron chi connectivity index (χ2n) is 5.56. The lowest BCUT2D eigenvalue weighted by atomic mass is 9.92. The molecular weight excluding hydrogens is 271 g/mol. The zero-order chi connectivity index (χ0) is 14.8. The van der Waals surface area contributed by atoms with Crippen molar-refractivity contribution in [1.82, 2.24) is 20.0 Å². The van der Waals surface area contributed by atoms with Gasteiger partial charge in [-0.05, 0) is 45.0 Å². The Kier molecular flexibility index (Phi) is 3.96. The van der Waals surface area contributed by atoms with E-state index in [1.54, 1.807) is 13.0 Å². The number of piperidine rings is 1. The van der Waals surface area contributed by atoms with Gasteiger partial charge in [0.05, 0.1) is 12.2 Å². The van der Waals surface area contributed by atoms with E-state index >= 15 is 0 Å². The number of nitrogens with zero attached hydrogens (tertiary/aromatic N) is 4. The number of likely N-dealkylation sites (tertiary alicyclic amines) is 1. The molecule has 0 N–H and O–H groups in total. The molecule has 1 aliphatic rings. The number of rotatable bonds is 3. The van der Waals surface area contributed by atoms with Gasteiger partial charge in [-0.15, -0.1) is 0 Å². The van der Waals surface area contributed by atoms with Crippen molar-refractivity contribution in [1.29, 1.82) is 0 Å². The number of pyridine rings is 1. The smallest absolute Gasteiger partial charge is 0.223 e. The van der Waals surface area contributed by atoms with Gasteiger partial charge in [-0.25, -0.2) is 4.39 Å². The monoisotopic (exact) mass is 290 g/mol. The van der Waals surface area contributed by atoms with Crippen molar-refractivity contribution in [3.63, 3.8) is 0 Å². The molecule has 1 saturated heterocycles. The molecule has 0 bridgehead atoms. The minimum absolute atomic E-state index is 0.157. The van der Waals surface area contributed by atoms with Crippen LogP contribution in [0.15, 0.2) is 22.9 Å². The summed E-state index contributed by atoms with van der Waals surface area (Å²) in [6.07, 6.45) is 3.33. The van der Waals surface area contributed by atoms with Crippen LogP contribution in [-0.4, -0.2) is 33.1 Å². The molecule has 1 atom stereocenters. The highest BCUT2D eigenvalue weighted by Gasteiger charge is 2.27. The Hall–Kier alpha value is -1.82. The van der Waals surface area contributed by atoms with E-state index < -0.39 is 0 Å². The molecule has 3 heterocycles. The van der Waals surface area contributed by atoms with Crippen LogP contribution in [0.4, 0.5) is 4.39 Å². The van der Waals surface area contributed by atoms with Crippen molar-refractivity contribution in [2.45, 2.75) is 38.6 Å². The molecule has 6 heteroatoms. The summed E-state index contributed by atoms with van der Waals surface area (Å²) in [6, 6.07) is 3.44. The Morgan fingerprint density at radius 3 is 2.67 bits per heavy atom. The number of hydrogen-bond acceptors (Lipinski definition) is 5. The maximum Gasteiger partial charge on any atom is 0.223 e. The van der Waals surface area contributed by atoms with Crippen molar-refractivity contribution in [3.05, 3.63) is 41.6 Å². The second kappa shape index (κ2) is 5.89. The number of hydrogen-bond donors (Lipinski definition) is 0. The number of aromatic nitrogens is 3. The summed E-state index contributed by atoms with van der Waals surface area (Å²) < 4.78 is 18.0. The van der Waals surface area contributed by atoms with Crippen LogP contribution in [0.3, 0.4) is 0 Å². The van der Waals surface area contributed by atoms with Gasteiger partial charge in [-0.1, -0.05) is 5.16 Å². The van der Waals surface area contributed by atoms with Gasteiger partial charge < -0.3 is 4.52 Å². The predicted molar refractivity (Wildman–Crippen MR) is 75.2 cm³/mol. The van der Waals surface area contributed by atoms with E-state index in [-0.39, 0.29) is 11.9 Å². The van der Waals surface area contributed by atoms with Crippen LogP contribution in [-0.2, 0) is 0 Å². The van der Waals surface area contributed by atoms with E-state index in [0.717, 1.165) is 37.4 Å². The van der Waals surface area contributed by atoms with Crippen LogP contribution in [0.25, 0.3) is 0 Å². The second-order valence-corrected chi connectivity index (χ2v) is 5.56. The summed E-state index contributed by atoms with van der Waals surface area (Å²) >= 11 is 0. The summed E-state index contributed by atoms with van der Waals surface area (Å²) in [5.41, 5.74) is 0.985. The average molecular weight is 290 g/mol. The lowest BCUT2D eigenvalue weighted by Crippen LogP contribution is -2.35. The lowest BCUT2D eigenvalue weighted by Gasteiger charge is -2.34. The maximum atomic E-state index is 12.9. The molecule has 1 unspecified atom stereocenters. The van der Waals surface area contributed by atoms with Gasteiger partial charge in [0.1, 0.15) is 5.82 Å². The van der Waals surface area contributed by atoms with Gasteiger partial charge in [0, 0.05) is 18.5 Å². The van der Waals surface area contributed by atoms with Crippen molar-refractivity contribution in [3.8, 4) is 0 Å². The minimum Gasteiger partial charge on any atom is -0.340 e. The molecule has 0 amide bonds. The van der Waals surface area contributed by atoms with E-state index in [1.807, 2.05) is 0 Å². The molecule has 1 aliphatic heterocycles. The average Bonchev–Trinajstić information content (AvgIpc) is 2.94. The van der Waals surface area contributed by atoms with Gasteiger partial charge >= 0.3 is 0 Å². The van der Waals surface area contributed by atoms with Crippen molar-refractivity contribution >= 4 is 0 Å². The minimum atomic E-state index is -0.280. The molecule has 0 saturated carbocycles. The van der Waals surface area contributed by atoms with Crippen molar-refractivity contribution in [2.75, 3.05) is 13.1 Å². The fraction of sp³-hybridized carbons (Fsp3) is 0.533. The van der Waals surface area contributed by atoms with E-state index in [2.05, 4.69) is 26.9 Å². The van der Waals surface area contributed by atoms with Crippen LogP contribution in [0.5, 0.6) is 0 Å². The zero-order valence-corrected chi connectivity index (χ0v) is 12.3. The Balaban J connectivity index is 1.61. The lowest BCUT2D eigenvalue weighted by molar-refractivity contribution is 0.153. The quantitative estimate of drug-likeness (QED) is 0.870. The highest BCUT2D eigenvalue weighted by atomic mass is 19.1. The number of halogens is 1. The normalized spacial score (nSPS) is 18.8. The third kappa shape index (κ3) is 3.10. The SMILES string of the molecule is Cc1nc(C(C)N2CCC(c3ccc(F)cn3)CC2)no1. The molecule has 112 valence electrons. The zero-order valence-electron chi connectivity index (χ0n) is 12.3. The molecule has 0 aliphatic carbocycles. The number of aryl methyl sites for hydroxylation is 1. The van der Waals surface area contributed by atoms with Crippen LogP contribution >= 0.6 is 0 Å². The fourth-order valence-electron chi connectivity index (χ4n) is 2.86. The summed E-state index contributed by atoms with van der Waals surface area (Å²) in [6.45, 7) is 5.81. The first-order chi connectivity index (χ1) is 10.1. The molecule has 5 nitrogen and oxygen atoms in total. The first-order valence-electron chi connectivity index (χ1n) is 7.29. The molecule has 0 spiro atoms. The molecule has 2 aromatic rings. The van der Waals surface area contributed by atoms with E-state index in [4.69, 9.17) is 4.52 Å². The molecular formula is C15H19FN4O. The molecule has 0 radical (unpaired) electrons. The fourth-order valence-corrected chi connectivity index (χ4v) is 2.86. The topological polar surface area (TPSA) is 55.1 Å². The predicted octanol–water partition coefficient (Wildman–Crippen LogP) is 2.85. The molecule has 3 rings (SSSR count). The van der Waals surface area contributed by atoms with Crippen molar-refractivity contribution in [2.24, 2.45) is 0 Å². The Labute approximate surface area is 123 Å². The first-order valence-corrected chi connectivity index (χ1v) is 7.29. The van der Waals surface area contributed by atoms with Gasteiger partial charge in [0.2, 0.25) is 5.89 Å². The van der Waals surface area contributed by atoms with E-state index in [9.17, 15) is 4.39 Å². The highest BCUT2D eigenvalue weighted by Crippen LogP contribution is 2.30. The van der Waals surface area contributed by atoms with E-state index in [0.29, 0.717) is 11.8 Å². The maximum absolute atomic E-state index is 12.9. The van der Waals surface area contributed by atoms with Crippen LogP contribution in [0, 0.1) is 12.7 Å². The van der Waals surface area contributed by atoms with Gasteiger partial charge in [-0.3, -0.25) is 9.88 Å². The van der Waals surface area contributed by atoms with Crippen molar-refractivity contribution < 1.29 is 8.91 Å². The third-order valence-corrected chi connectivity index (χ3v) is 4.16. The highest BCUT2D eigenvalue weighted by molar-refractivity contribution is 5.11. The summed E-state index contributed by atoms with van der Waals surface area (Å²) in [4.78, 5) is 10.9. The largest absolute Gasteiger partial charge is 0.340 e. The Morgan fingerprint density at radius 2 is 2.10 bits per heavy atom. The standard InChI is InChI=1S/C15H19FN4O/c1-10(15-18-11(2)21-19-15)20-7-5-12(6-8-20)14-4-3-13(16)9-17-14/h3-4,9-10,12H,5-8H2,1-2H3. The third-order valence-electron chi connectivity index (χ3n) is 4.16. The Bertz CT molecular complexity index is 590. The Morgan fingerprint density at radius 1 is 1.33 bits per heavy atom. The summed E-state index contributed by atoms with van der Waals surface area (Å²) in [5, 5.41) is 4.00. The van der Waals surface area contributed by atoms with Crippen LogP contribution in [0.2, 0.25) is 0 Å². The van der Waals surface area contributed by atoms with Gasteiger partial charge in [0.25, 0.3) is 0 Å². The van der Waals surface area contributed by atoms with E-state index in [1.165, 1.54) is 12.3 Å². The van der Waals surface area contributed by atoms with Gasteiger partial charge in [-0.2, -0.15) is 4.98 Å². The first kappa shape index (κ1) is 14.1. The molecule has 0 aromatic carbocycles. The van der Waals surface area contributed by atoms with Gasteiger partial charge in [0.15, 0.2) is 5.82 Å². The van der Waals surface area contributed by atoms with Crippen LogP contribution < -0.4 is 0 Å². The molecule has 1 fully saturated rings. The molecule has 2 aromatic heterocycles. The summed E-state index contributed by atoms with van der Waals surface area (Å²) in [5.74, 6) is 1.46.